The average Bonchev–Trinajstić information content (AvgIpc) is 2.69. The molecule has 0 aromatic heterocycles. The van der Waals surface area contributed by atoms with Gasteiger partial charge in [-0.15, -0.1) is 0 Å². The lowest BCUT2D eigenvalue weighted by Crippen LogP contribution is -2.29. The lowest BCUT2D eigenvalue weighted by Gasteiger charge is -2.22. The summed E-state index contributed by atoms with van der Waals surface area (Å²) in [5.41, 5.74) is 1.99. The van der Waals surface area contributed by atoms with Crippen LogP contribution in [0.3, 0.4) is 0 Å². The molecule has 0 unspecified atom stereocenters. The fourth-order valence-corrected chi connectivity index (χ4v) is 4.11. The number of rotatable bonds is 6. The second-order valence-electron chi connectivity index (χ2n) is 6.35. The van der Waals surface area contributed by atoms with Gasteiger partial charge in [0.15, 0.2) is 0 Å². The largest absolute Gasteiger partial charge is 0.319 e. The van der Waals surface area contributed by atoms with E-state index >= 15 is 0 Å². The van der Waals surface area contributed by atoms with Gasteiger partial charge in [0.2, 0.25) is 10.0 Å². The maximum Gasteiger partial charge on any atom is 0.255 e. The number of carbonyl (C=O) groups is 1. The minimum Gasteiger partial charge on any atom is -0.319 e. The normalized spacial score (nSPS) is 11.1. The molecule has 3 aromatic rings. The monoisotopic (exact) mass is 448 g/mol. The van der Waals surface area contributed by atoms with E-state index in [1.807, 2.05) is 30.3 Å². The summed E-state index contributed by atoms with van der Waals surface area (Å²) in [6.07, 6.45) is 1.15. The zero-order valence-electron chi connectivity index (χ0n) is 15.5. The van der Waals surface area contributed by atoms with Crippen LogP contribution in [0.1, 0.15) is 15.9 Å². The molecule has 1 amide bonds. The zero-order valence-corrected chi connectivity index (χ0v) is 17.8. The quantitative estimate of drug-likeness (QED) is 0.562. The van der Waals surface area contributed by atoms with Crippen LogP contribution >= 0.6 is 23.2 Å². The van der Waals surface area contributed by atoms with E-state index in [-0.39, 0.29) is 6.54 Å². The third-order valence-electron chi connectivity index (χ3n) is 4.19. The van der Waals surface area contributed by atoms with Crippen LogP contribution in [0.5, 0.6) is 0 Å². The van der Waals surface area contributed by atoms with E-state index in [1.54, 1.807) is 42.5 Å². The predicted molar refractivity (Wildman–Crippen MR) is 118 cm³/mol. The highest BCUT2D eigenvalue weighted by atomic mass is 35.5. The van der Waals surface area contributed by atoms with E-state index in [4.69, 9.17) is 23.2 Å². The molecular weight excluding hydrogens is 431 g/mol. The van der Waals surface area contributed by atoms with E-state index in [9.17, 15) is 13.2 Å². The van der Waals surface area contributed by atoms with Crippen molar-refractivity contribution in [2.45, 2.75) is 6.54 Å². The SMILES string of the molecule is CS(=O)(=O)N(Cc1ccccc1)c1ccc(C(=O)Nc2c(Cl)cccc2Cl)cc1. The van der Waals surface area contributed by atoms with Gasteiger partial charge >= 0.3 is 0 Å². The first kappa shape index (κ1) is 21.2. The maximum atomic E-state index is 12.5. The fraction of sp³-hybridized carbons (Fsp3) is 0.0952. The Hall–Kier alpha value is -2.54. The maximum absolute atomic E-state index is 12.5. The molecular formula is C21H18Cl2N2O3S. The first-order valence-electron chi connectivity index (χ1n) is 8.63. The Morgan fingerprint density at radius 2 is 1.48 bits per heavy atom. The van der Waals surface area contributed by atoms with Crippen LogP contribution in [0, 0.1) is 0 Å². The molecule has 5 nitrogen and oxygen atoms in total. The molecule has 8 heteroatoms. The van der Waals surface area contributed by atoms with Crippen molar-refractivity contribution in [3.8, 4) is 0 Å². The number of halogens is 2. The highest BCUT2D eigenvalue weighted by Gasteiger charge is 2.19. The summed E-state index contributed by atoms with van der Waals surface area (Å²) in [7, 11) is -3.51. The minimum absolute atomic E-state index is 0.195. The first-order chi connectivity index (χ1) is 13.8. The second kappa shape index (κ2) is 8.86. The van der Waals surface area contributed by atoms with Gasteiger partial charge in [0.1, 0.15) is 0 Å². The molecule has 150 valence electrons. The standard InChI is InChI=1S/C21H18Cl2N2O3S/c1-29(27,28)25(14-15-6-3-2-4-7-15)17-12-10-16(11-13-17)21(26)24-20-18(22)8-5-9-19(20)23/h2-13H,14H2,1H3,(H,24,26). The summed E-state index contributed by atoms with van der Waals surface area (Å²) in [6.45, 7) is 0.195. The predicted octanol–water partition coefficient (Wildman–Crippen LogP) is 5.21. The summed E-state index contributed by atoms with van der Waals surface area (Å²) in [6, 6.07) is 20.5. The molecule has 3 rings (SSSR count). The Morgan fingerprint density at radius 1 is 0.897 bits per heavy atom. The molecule has 1 N–H and O–H groups in total. The van der Waals surface area contributed by atoms with Crippen LogP contribution in [0.25, 0.3) is 0 Å². The molecule has 0 spiro atoms. The number of hydrogen-bond acceptors (Lipinski definition) is 3. The summed E-state index contributed by atoms with van der Waals surface area (Å²) in [5, 5.41) is 3.33. The number of hydrogen-bond donors (Lipinski definition) is 1. The van der Waals surface area contributed by atoms with Crippen molar-refractivity contribution in [1.82, 2.24) is 0 Å². The molecule has 0 aliphatic rings. The van der Waals surface area contributed by atoms with Gasteiger partial charge in [-0.2, -0.15) is 0 Å². The topological polar surface area (TPSA) is 66.5 Å². The smallest absolute Gasteiger partial charge is 0.255 e. The number of nitrogens with one attached hydrogen (secondary N) is 1. The van der Waals surface area contributed by atoms with E-state index in [2.05, 4.69) is 5.32 Å². The molecule has 0 aliphatic heterocycles. The summed E-state index contributed by atoms with van der Waals surface area (Å²) in [5.74, 6) is -0.402. The molecule has 0 saturated carbocycles. The van der Waals surface area contributed by atoms with Gasteiger partial charge in [0.25, 0.3) is 5.91 Å². The van der Waals surface area contributed by atoms with Crippen LogP contribution < -0.4 is 9.62 Å². The number of para-hydroxylation sites is 1. The lowest BCUT2D eigenvalue weighted by molar-refractivity contribution is 0.102. The van der Waals surface area contributed by atoms with E-state index in [0.29, 0.717) is 27.0 Å². The second-order valence-corrected chi connectivity index (χ2v) is 9.07. The number of nitrogens with zero attached hydrogens (tertiary/aromatic N) is 1. The van der Waals surface area contributed by atoms with Crippen LogP contribution in [0.4, 0.5) is 11.4 Å². The van der Waals surface area contributed by atoms with Gasteiger partial charge in [-0.05, 0) is 42.0 Å². The van der Waals surface area contributed by atoms with Crippen LogP contribution in [-0.2, 0) is 16.6 Å². The third kappa shape index (κ3) is 5.29. The Labute approximate surface area is 179 Å². The van der Waals surface area contributed by atoms with Crippen LogP contribution in [0.15, 0.2) is 72.8 Å². The lowest BCUT2D eigenvalue weighted by atomic mass is 10.1. The van der Waals surface area contributed by atoms with Gasteiger partial charge in [0, 0.05) is 5.56 Å². The number of sulfonamides is 1. The van der Waals surface area contributed by atoms with Gasteiger partial charge in [-0.3, -0.25) is 9.10 Å². The number of carbonyl (C=O) groups excluding carboxylic acids is 1. The van der Waals surface area contributed by atoms with Crippen molar-refractivity contribution in [3.63, 3.8) is 0 Å². The molecule has 0 aliphatic carbocycles. The number of amides is 1. The van der Waals surface area contributed by atoms with Crippen molar-refractivity contribution in [3.05, 3.63) is 94.0 Å². The first-order valence-corrected chi connectivity index (χ1v) is 11.2. The average molecular weight is 449 g/mol. The molecule has 0 heterocycles. The molecule has 0 fully saturated rings. The number of benzene rings is 3. The van der Waals surface area contributed by atoms with Gasteiger partial charge < -0.3 is 5.32 Å². The summed E-state index contributed by atoms with van der Waals surface area (Å²) < 4.78 is 25.9. The molecule has 0 bridgehead atoms. The van der Waals surface area contributed by atoms with Crippen molar-refractivity contribution >= 4 is 50.5 Å². The molecule has 3 aromatic carbocycles. The third-order valence-corrected chi connectivity index (χ3v) is 5.96. The van der Waals surface area contributed by atoms with Crippen LogP contribution in [0.2, 0.25) is 10.0 Å². The molecule has 0 atom stereocenters. The van der Waals surface area contributed by atoms with Crippen molar-refractivity contribution < 1.29 is 13.2 Å². The zero-order chi connectivity index (χ0) is 21.0. The van der Waals surface area contributed by atoms with Crippen molar-refractivity contribution in [2.75, 3.05) is 15.9 Å². The fourth-order valence-electron chi connectivity index (χ4n) is 2.73. The van der Waals surface area contributed by atoms with Crippen molar-refractivity contribution in [2.24, 2.45) is 0 Å². The minimum atomic E-state index is -3.51. The molecule has 0 saturated heterocycles. The van der Waals surface area contributed by atoms with Gasteiger partial charge in [0.05, 0.1) is 34.2 Å². The molecule has 29 heavy (non-hydrogen) atoms. The van der Waals surface area contributed by atoms with E-state index < -0.39 is 15.9 Å². The molecule has 0 radical (unpaired) electrons. The Kier molecular flexibility index (Phi) is 6.47. The van der Waals surface area contributed by atoms with Crippen LogP contribution in [-0.4, -0.2) is 20.6 Å². The van der Waals surface area contributed by atoms with Gasteiger partial charge in [-0.25, -0.2) is 8.42 Å². The number of anilines is 2. The Balaban J connectivity index is 1.83. The summed E-state index contributed by atoms with van der Waals surface area (Å²) >= 11 is 12.2. The Morgan fingerprint density at radius 3 is 2.03 bits per heavy atom. The summed E-state index contributed by atoms with van der Waals surface area (Å²) in [4.78, 5) is 12.5. The van der Waals surface area contributed by atoms with Crippen molar-refractivity contribution in [1.29, 1.82) is 0 Å². The Bertz CT molecular complexity index is 1100. The van der Waals surface area contributed by atoms with E-state index in [1.165, 1.54) is 4.31 Å². The van der Waals surface area contributed by atoms with E-state index in [0.717, 1.165) is 11.8 Å². The highest BCUT2D eigenvalue weighted by molar-refractivity contribution is 7.92. The highest BCUT2D eigenvalue weighted by Crippen LogP contribution is 2.30. The van der Waals surface area contributed by atoms with Gasteiger partial charge in [-0.1, -0.05) is 59.6 Å².